The molecule has 0 aliphatic carbocycles. The number of hydrogen-bond acceptors (Lipinski definition) is 7. The monoisotopic (exact) mass is 430 g/mol. The van der Waals surface area contributed by atoms with E-state index in [-0.39, 0.29) is 23.9 Å². The van der Waals surface area contributed by atoms with Gasteiger partial charge >= 0.3 is 12.1 Å². The molecule has 0 aliphatic rings. The average molecular weight is 430 g/mol. The Bertz CT molecular complexity index is 1160. The molecule has 11 heteroatoms. The van der Waals surface area contributed by atoms with Crippen molar-refractivity contribution in [2.45, 2.75) is 33.7 Å². The van der Waals surface area contributed by atoms with E-state index in [1.807, 2.05) is 6.07 Å². The standard InChI is InChI=1S/C20H17F3N6O2/c1-19(2,3)18(30)31-11-29-27-14(10-24)16(28-29)12-5-4-6-13(9-12)17-25-8-7-15(26-17)20(21,22)23/h4-9H,11H2,1-3H3. The fourth-order valence-corrected chi connectivity index (χ4v) is 2.47. The first-order chi connectivity index (χ1) is 14.5. The van der Waals surface area contributed by atoms with Crippen LogP contribution in [0.25, 0.3) is 22.6 Å². The first-order valence-electron chi connectivity index (χ1n) is 9.02. The van der Waals surface area contributed by atoms with E-state index in [9.17, 15) is 23.2 Å². The minimum Gasteiger partial charge on any atom is -0.440 e. The molecule has 0 unspecified atom stereocenters. The van der Waals surface area contributed by atoms with E-state index in [2.05, 4.69) is 20.2 Å². The lowest BCUT2D eigenvalue weighted by Gasteiger charge is -2.15. The molecule has 2 heterocycles. The third kappa shape index (κ3) is 5.03. The smallest absolute Gasteiger partial charge is 0.433 e. The lowest BCUT2D eigenvalue weighted by atomic mass is 9.98. The minimum atomic E-state index is -4.60. The molecule has 8 nitrogen and oxygen atoms in total. The summed E-state index contributed by atoms with van der Waals surface area (Å²) in [4.78, 5) is 20.5. The third-order valence-electron chi connectivity index (χ3n) is 4.02. The summed E-state index contributed by atoms with van der Waals surface area (Å²) >= 11 is 0. The van der Waals surface area contributed by atoms with Gasteiger partial charge in [0.05, 0.1) is 5.41 Å². The molecule has 0 bridgehead atoms. The molecule has 1 aromatic carbocycles. The van der Waals surface area contributed by atoms with Crippen molar-refractivity contribution in [3.8, 4) is 28.7 Å². The van der Waals surface area contributed by atoms with Crippen molar-refractivity contribution in [1.82, 2.24) is 25.0 Å². The molecule has 0 saturated carbocycles. The van der Waals surface area contributed by atoms with Crippen molar-refractivity contribution in [3.63, 3.8) is 0 Å². The number of rotatable bonds is 4. The summed E-state index contributed by atoms with van der Waals surface area (Å²) in [7, 11) is 0. The van der Waals surface area contributed by atoms with Gasteiger partial charge in [-0.3, -0.25) is 4.79 Å². The number of halogens is 3. The van der Waals surface area contributed by atoms with Crippen molar-refractivity contribution < 1.29 is 22.7 Å². The highest BCUT2D eigenvalue weighted by molar-refractivity contribution is 5.75. The van der Waals surface area contributed by atoms with Crippen LogP contribution in [0.4, 0.5) is 13.2 Å². The molecule has 2 aromatic heterocycles. The molecule has 0 spiro atoms. The summed E-state index contributed by atoms with van der Waals surface area (Å²) in [6, 6.07) is 8.93. The Morgan fingerprint density at radius 3 is 2.52 bits per heavy atom. The maximum absolute atomic E-state index is 12.9. The molecule has 31 heavy (non-hydrogen) atoms. The Kier molecular flexibility index (Phi) is 5.75. The van der Waals surface area contributed by atoms with E-state index < -0.39 is 23.3 Å². The number of aromatic nitrogens is 5. The second-order valence-electron chi connectivity index (χ2n) is 7.54. The van der Waals surface area contributed by atoms with Crippen LogP contribution >= 0.6 is 0 Å². The van der Waals surface area contributed by atoms with Gasteiger partial charge in [0, 0.05) is 17.3 Å². The van der Waals surface area contributed by atoms with Crippen molar-refractivity contribution in [3.05, 3.63) is 47.9 Å². The van der Waals surface area contributed by atoms with Gasteiger partial charge in [-0.05, 0) is 32.9 Å². The molecule has 0 amide bonds. The van der Waals surface area contributed by atoms with E-state index in [4.69, 9.17) is 4.74 Å². The zero-order valence-corrected chi connectivity index (χ0v) is 16.8. The predicted molar refractivity (Wildman–Crippen MR) is 102 cm³/mol. The Hall–Kier alpha value is -3.81. The zero-order chi connectivity index (χ0) is 22.8. The topological polar surface area (TPSA) is 107 Å². The fraction of sp³-hybridized carbons (Fsp3) is 0.300. The maximum atomic E-state index is 12.9. The molecule has 0 atom stereocenters. The van der Waals surface area contributed by atoms with Crippen LogP contribution in [0.2, 0.25) is 0 Å². The highest BCUT2D eigenvalue weighted by Gasteiger charge is 2.33. The molecule has 3 rings (SSSR count). The van der Waals surface area contributed by atoms with Gasteiger partial charge in [0.25, 0.3) is 0 Å². The fourth-order valence-electron chi connectivity index (χ4n) is 2.47. The van der Waals surface area contributed by atoms with E-state index in [0.29, 0.717) is 11.1 Å². The van der Waals surface area contributed by atoms with Gasteiger partial charge in [-0.25, -0.2) is 9.97 Å². The predicted octanol–water partition coefficient (Wildman–Crippen LogP) is 3.84. The van der Waals surface area contributed by atoms with Crippen LogP contribution in [0.5, 0.6) is 0 Å². The summed E-state index contributed by atoms with van der Waals surface area (Å²) in [5.74, 6) is -0.588. The molecule has 0 fully saturated rings. The Morgan fingerprint density at radius 2 is 1.87 bits per heavy atom. The second-order valence-corrected chi connectivity index (χ2v) is 7.54. The molecular formula is C20H17F3N6O2. The lowest BCUT2D eigenvalue weighted by molar-refractivity contribution is -0.157. The molecule has 0 aliphatic heterocycles. The van der Waals surface area contributed by atoms with Crippen LogP contribution in [0.15, 0.2) is 36.5 Å². The maximum Gasteiger partial charge on any atom is 0.433 e. The SMILES string of the molecule is CC(C)(C)C(=O)OCn1nc(C#N)c(-c2cccc(-c3nccc(C(F)(F)F)n3)c2)n1. The van der Waals surface area contributed by atoms with E-state index in [0.717, 1.165) is 17.1 Å². The quantitative estimate of drug-likeness (QED) is 0.579. The highest BCUT2D eigenvalue weighted by atomic mass is 19.4. The second kappa shape index (κ2) is 8.14. The van der Waals surface area contributed by atoms with Gasteiger partial charge in [0.1, 0.15) is 17.5 Å². The number of nitriles is 1. The van der Waals surface area contributed by atoms with Crippen molar-refractivity contribution in [2.75, 3.05) is 0 Å². The van der Waals surface area contributed by atoms with Crippen LogP contribution in [-0.4, -0.2) is 30.9 Å². The molecule has 0 radical (unpaired) electrons. The van der Waals surface area contributed by atoms with Gasteiger partial charge in [-0.15, -0.1) is 15.0 Å². The molecule has 0 saturated heterocycles. The van der Waals surface area contributed by atoms with Gasteiger partial charge in [-0.1, -0.05) is 18.2 Å². The van der Waals surface area contributed by atoms with E-state index in [1.54, 1.807) is 39.0 Å². The number of alkyl halides is 3. The van der Waals surface area contributed by atoms with Crippen LogP contribution in [0.1, 0.15) is 32.2 Å². The first-order valence-corrected chi connectivity index (χ1v) is 9.02. The van der Waals surface area contributed by atoms with Gasteiger partial charge in [0.2, 0.25) is 6.73 Å². The molecule has 0 N–H and O–H groups in total. The molecule has 160 valence electrons. The van der Waals surface area contributed by atoms with E-state index >= 15 is 0 Å². The van der Waals surface area contributed by atoms with Gasteiger partial charge in [-0.2, -0.15) is 18.4 Å². The third-order valence-corrected chi connectivity index (χ3v) is 4.02. The Balaban J connectivity index is 1.92. The van der Waals surface area contributed by atoms with Crippen molar-refractivity contribution in [1.29, 1.82) is 5.26 Å². The van der Waals surface area contributed by atoms with Crippen LogP contribution in [0.3, 0.4) is 0 Å². The minimum absolute atomic E-state index is 0.0334. The molecule has 3 aromatic rings. The number of esters is 1. The summed E-state index contributed by atoms with van der Waals surface area (Å²) < 4.78 is 44.0. The Morgan fingerprint density at radius 1 is 1.16 bits per heavy atom. The average Bonchev–Trinajstić information content (AvgIpc) is 3.14. The van der Waals surface area contributed by atoms with Gasteiger partial charge < -0.3 is 4.74 Å². The summed E-state index contributed by atoms with van der Waals surface area (Å²) in [6.07, 6.45) is -3.57. The van der Waals surface area contributed by atoms with Crippen LogP contribution in [-0.2, 0) is 22.4 Å². The van der Waals surface area contributed by atoms with E-state index in [1.165, 1.54) is 6.07 Å². The number of carbonyl (C=O) groups is 1. The number of carbonyl (C=O) groups excluding carboxylic acids is 1. The number of benzene rings is 1. The summed E-state index contributed by atoms with van der Waals surface area (Å²) in [5.41, 5.74) is -0.901. The number of nitrogens with zero attached hydrogens (tertiary/aromatic N) is 6. The van der Waals surface area contributed by atoms with Crippen molar-refractivity contribution in [2.24, 2.45) is 5.41 Å². The number of ether oxygens (including phenoxy) is 1. The number of hydrogen-bond donors (Lipinski definition) is 0. The summed E-state index contributed by atoms with van der Waals surface area (Å²) in [6.45, 7) is 4.79. The first kappa shape index (κ1) is 21.9. The van der Waals surface area contributed by atoms with Gasteiger partial charge in [0.15, 0.2) is 11.5 Å². The molecular weight excluding hydrogens is 413 g/mol. The largest absolute Gasteiger partial charge is 0.440 e. The highest BCUT2D eigenvalue weighted by Crippen LogP contribution is 2.30. The summed E-state index contributed by atoms with van der Waals surface area (Å²) in [5, 5.41) is 17.6. The lowest BCUT2D eigenvalue weighted by Crippen LogP contribution is -2.24. The van der Waals surface area contributed by atoms with Crippen LogP contribution < -0.4 is 0 Å². The zero-order valence-electron chi connectivity index (χ0n) is 16.8. The normalized spacial score (nSPS) is 11.8. The Labute approximate surface area is 175 Å². The van der Waals surface area contributed by atoms with Crippen LogP contribution in [0, 0.1) is 16.7 Å². The van der Waals surface area contributed by atoms with Crippen molar-refractivity contribution >= 4 is 5.97 Å².